The number of ether oxygens (including phenoxy) is 3. The van der Waals surface area contributed by atoms with Crippen LogP contribution in [0.4, 0.5) is 0 Å². The molecule has 5 heteroatoms. The maximum atomic E-state index is 10.6. The summed E-state index contributed by atoms with van der Waals surface area (Å²) in [4.78, 5) is 10.6. The van der Waals surface area contributed by atoms with Crippen LogP contribution in [0.2, 0.25) is 0 Å². The molecule has 0 saturated heterocycles. The van der Waals surface area contributed by atoms with E-state index >= 15 is 0 Å². The van der Waals surface area contributed by atoms with Gasteiger partial charge >= 0.3 is 0 Å². The van der Waals surface area contributed by atoms with E-state index in [-0.39, 0.29) is 69.3 Å². The van der Waals surface area contributed by atoms with Crippen LogP contribution in [0.1, 0.15) is 67.7 Å². The Morgan fingerprint density at radius 1 is 0.773 bits per heavy atom. The molecule has 129 valence electrons. The van der Waals surface area contributed by atoms with Gasteiger partial charge in [-0.25, -0.2) is 0 Å². The van der Waals surface area contributed by atoms with Gasteiger partial charge in [-0.15, -0.1) is 6.42 Å². The van der Waals surface area contributed by atoms with Crippen molar-refractivity contribution in [3.8, 4) is 0 Å². The van der Waals surface area contributed by atoms with Crippen LogP contribution in [-0.4, -0.2) is 42.9 Å². The van der Waals surface area contributed by atoms with Crippen molar-refractivity contribution >= 4 is 6.29 Å². The Hall–Kier alpha value is 0.654. The molecule has 0 bridgehead atoms. The molecule has 0 saturated carbocycles. The second-order valence-corrected chi connectivity index (χ2v) is 6.36. The van der Waals surface area contributed by atoms with E-state index in [4.69, 9.17) is 14.2 Å². The van der Waals surface area contributed by atoms with Crippen molar-refractivity contribution in [3.05, 3.63) is 0 Å². The molecule has 1 radical (unpaired) electrons. The van der Waals surface area contributed by atoms with Gasteiger partial charge in [0.2, 0.25) is 0 Å². The average molecular weight is 390 g/mol. The molecule has 0 heterocycles. The summed E-state index contributed by atoms with van der Waals surface area (Å²) in [6, 6.07) is 0. The summed E-state index contributed by atoms with van der Waals surface area (Å²) in [5.41, 5.74) is 0. The van der Waals surface area contributed by atoms with Crippen molar-refractivity contribution in [1.82, 2.24) is 0 Å². The first-order chi connectivity index (χ1) is 9.76. The van der Waals surface area contributed by atoms with Crippen molar-refractivity contribution in [1.29, 1.82) is 0 Å². The normalized spacial score (nSPS) is 15.7. The van der Waals surface area contributed by atoms with Crippen molar-refractivity contribution in [2.75, 3.05) is 0 Å². The van der Waals surface area contributed by atoms with Gasteiger partial charge in [0.05, 0.1) is 36.6 Å². The van der Waals surface area contributed by atoms with E-state index < -0.39 is 0 Å². The maximum Gasteiger partial charge on any atom is 0.0863 e. The largest absolute Gasteiger partial charge is 0.542 e. The van der Waals surface area contributed by atoms with Crippen LogP contribution in [0.3, 0.4) is 0 Å². The van der Waals surface area contributed by atoms with Crippen LogP contribution >= 0.6 is 0 Å². The number of carbonyl (C=O) groups excluding carboxylic acids is 1. The zero-order valence-corrected chi connectivity index (χ0v) is 18.1. The fourth-order valence-corrected chi connectivity index (χ4v) is 2.38. The zero-order chi connectivity index (χ0) is 16.4. The van der Waals surface area contributed by atoms with Crippen molar-refractivity contribution in [2.45, 2.75) is 104 Å². The van der Waals surface area contributed by atoms with Gasteiger partial charge in [0, 0.05) is 39.1 Å². The molecule has 0 spiro atoms. The Kier molecular flexibility index (Phi) is 15.9. The van der Waals surface area contributed by atoms with Gasteiger partial charge in [-0.3, -0.25) is 6.29 Å². The molecular weight excluding hydrogens is 357 g/mol. The molecule has 0 aromatic carbocycles. The van der Waals surface area contributed by atoms with E-state index in [2.05, 4.69) is 6.92 Å². The van der Waals surface area contributed by atoms with Crippen molar-refractivity contribution in [3.63, 3.8) is 0 Å². The van der Waals surface area contributed by atoms with Gasteiger partial charge in [-0.2, -0.15) is 0 Å². The fourth-order valence-electron chi connectivity index (χ4n) is 2.38. The summed E-state index contributed by atoms with van der Waals surface area (Å²) in [6.07, 6.45) is 4.01. The average Bonchev–Trinajstić information content (AvgIpc) is 2.31. The first-order valence-corrected chi connectivity index (χ1v) is 8.07. The summed E-state index contributed by atoms with van der Waals surface area (Å²) < 4.78 is 17.8. The van der Waals surface area contributed by atoms with Gasteiger partial charge in [-0.05, 0) is 54.9 Å². The third-order valence-corrected chi connectivity index (χ3v) is 2.91. The predicted molar refractivity (Wildman–Crippen MR) is 85.2 cm³/mol. The predicted octanol–water partition coefficient (Wildman–Crippen LogP) is 3.66. The van der Waals surface area contributed by atoms with Crippen molar-refractivity contribution < 1.29 is 51.7 Å². The SMILES string of the molecule is CC(C)OC(C)CC(OC(C)C)C(CC[C-]=O)OC(C)C.[Y]. The van der Waals surface area contributed by atoms with Gasteiger partial charge in [0.25, 0.3) is 0 Å². The smallest absolute Gasteiger partial charge is 0.0863 e. The molecule has 4 nitrogen and oxygen atoms in total. The molecular formula is C17H33O4Y-. The van der Waals surface area contributed by atoms with Gasteiger partial charge < -0.3 is 19.0 Å². The van der Waals surface area contributed by atoms with E-state index in [9.17, 15) is 4.79 Å². The van der Waals surface area contributed by atoms with Gasteiger partial charge in [0.15, 0.2) is 0 Å². The molecule has 22 heavy (non-hydrogen) atoms. The van der Waals surface area contributed by atoms with Crippen LogP contribution < -0.4 is 0 Å². The van der Waals surface area contributed by atoms with E-state index in [0.29, 0.717) is 12.8 Å². The monoisotopic (exact) mass is 390 g/mol. The Bertz CT molecular complexity index is 269. The zero-order valence-electron chi connectivity index (χ0n) is 15.3. The standard InChI is InChI=1S/C17H33O4.Y/c1-12(2)19-15(7)11-17(21-14(5)6)16(9-8-10-18)20-13(3)4;/h12-17H,8-9,11H2,1-7H3;/q-1;. The molecule has 0 aliphatic carbocycles. The maximum absolute atomic E-state index is 10.6. The molecule has 0 aliphatic heterocycles. The molecule has 3 unspecified atom stereocenters. The van der Waals surface area contributed by atoms with Crippen molar-refractivity contribution in [2.24, 2.45) is 0 Å². The van der Waals surface area contributed by atoms with Crippen LogP contribution in [0.25, 0.3) is 0 Å². The first-order valence-electron chi connectivity index (χ1n) is 8.07. The minimum Gasteiger partial charge on any atom is -0.542 e. The third-order valence-electron chi connectivity index (χ3n) is 2.91. The first kappa shape index (κ1) is 24.9. The second kappa shape index (κ2) is 14.0. The summed E-state index contributed by atoms with van der Waals surface area (Å²) in [5.74, 6) is 0. The van der Waals surface area contributed by atoms with E-state index in [1.165, 1.54) is 0 Å². The van der Waals surface area contributed by atoms with E-state index in [1.807, 2.05) is 47.8 Å². The topological polar surface area (TPSA) is 44.8 Å². The summed E-state index contributed by atoms with van der Waals surface area (Å²) in [6.45, 7) is 14.1. The molecule has 0 aliphatic rings. The molecule has 0 amide bonds. The number of hydrogen-bond acceptors (Lipinski definition) is 4. The molecule has 0 aromatic heterocycles. The quantitative estimate of drug-likeness (QED) is 0.477. The van der Waals surface area contributed by atoms with E-state index in [1.54, 1.807) is 0 Å². The second-order valence-electron chi connectivity index (χ2n) is 6.36. The van der Waals surface area contributed by atoms with Crippen LogP contribution in [0, 0.1) is 0 Å². The van der Waals surface area contributed by atoms with Crippen LogP contribution in [0.15, 0.2) is 0 Å². The molecule has 0 rings (SSSR count). The molecule has 0 aromatic rings. The fraction of sp³-hybridized carbons (Fsp3) is 0.941. The third kappa shape index (κ3) is 13.1. The Morgan fingerprint density at radius 3 is 1.64 bits per heavy atom. The molecule has 0 fully saturated rings. The molecule has 0 N–H and O–H groups in total. The summed E-state index contributed by atoms with van der Waals surface area (Å²) in [5, 5.41) is 0. The number of rotatable bonds is 12. The van der Waals surface area contributed by atoms with Gasteiger partial charge in [0.1, 0.15) is 0 Å². The summed E-state index contributed by atoms with van der Waals surface area (Å²) >= 11 is 0. The Labute approximate surface area is 161 Å². The van der Waals surface area contributed by atoms with Gasteiger partial charge in [-0.1, -0.05) is 0 Å². The summed E-state index contributed by atoms with van der Waals surface area (Å²) in [7, 11) is 0. The van der Waals surface area contributed by atoms with Crippen LogP contribution in [-0.2, 0) is 51.7 Å². The minimum absolute atomic E-state index is 0. The van der Waals surface area contributed by atoms with E-state index in [0.717, 1.165) is 6.42 Å². The Morgan fingerprint density at radius 2 is 1.23 bits per heavy atom. The minimum atomic E-state index is -0.105. The molecule has 3 atom stereocenters. The number of hydrogen-bond donors (Lipinski definition) is 0. The Balaban J connectivity index is 0. The van der Waals surface area contributed by atoms with Crippen LogP contribution in [0.5, 0.6) is 0 Å².